The van der Waals surface area contributed by atoms with E-state index in [2.05, 4.69) is 35.5 Å². The van der Waals surface area contributed by atoms with Crippen LogP contribution in [0.5, 0.6) is 11.5 Å². The molecule has 0 spiro atoms. The Morgan fingerprint density at radius 2 is 2.03 bits per heavy atom. The first-order valence-corrected chi connectivity index (χ1v) is 12.5. The number of aryl methyl sites for hydroxylation is 1. The topological polar surface area (TPSA) is 113 Å². The highest BCUT2D eigenvalue weighted by molar-refractivity contribution is 5.92. The quantitative estimate of drug-likeness (QED) is 0.347. The van der Waals surface area contributed by atoms with Gasteiger partial charge in [0.15, 0.2) is 17.9 Å². The van der Waals surface area contributed by atoms with Crippen molar-refractivity contribution in [3.05, 3.63) is 60.1 Å². The molecule has 2 aliphatic heterocycles. The van der Waals surface area contributed by atoms with E-state index in [9.17, 15) is 5.11 Å². The van der Waals surface area contributed by atoms with Crippen molar-refractivity contribution in [1.29, 1.82) is 0 Å². The standard InChI is InChI=1S/C27H29FN8O2/c1-15-21(38-16-5-7-20-18(11-16)32-14-35(20)4)8-6-17(23(15)28)33-25-24-19(30-13-31-25)12-29-26(34-24)36-10-9-22(36)27(2,3)37/h5-8,11-14,22,26,34,37H,9-10H2,1-4H3,(H,30,31,33). The number of halogens is 1. The summed E-state index contributed by atoms with van der Waals surface area (Å²) < 4.78 is 23.4. The van der Waals surface area contributed by atoms with Crippen LogP contribution in [-0.4, -0.2) is 60.2 Å². The number of rotatable bonds is 6. The third kappa shape index (κ3) is 4.23. The van der Waals surface area contributed by atoms with Crippen LogP contribution in [0.25, 0.3) is 11.0 Å². The van der Waals surface area contributed by atoms with Crippen LogP contribution >= 0.6 is 0 Å². The third-order valence-corrected chi connectivity index (χ3v) is 7.19. The van der Waals surface area contributed by atoms with E-state index in [-0.39, 0.29) is 18.0 Å². The van der Waals surface area contributed by atoms with E-state index >= 15 is 4.39 Å². The molecule has 38 heavy (non-hydrogen) atoms. The van der Waals surface area contributed by atoms with Gasteiger partial charge in [-0.3, -0.25) is 9.89 Å². The van der Waals surface area contributed by atoms with Crippen LogP contribution in [-0.2, 0) is 7.05 Å². The van der Waals surface area contributed by atoms with Crippen molar-refractivity contribution >= 4 is 34.4 Å². The molecule has 0 radical (unpaired) electrons. The second-order valence-corrected chi connectivity index (χ2v) is 10.3. The zero-order chi connectivity index (χ0) is 26.6. The molecule has 1 fully saturated rings. The van der Waals surface area contributed by atoms with E-state index in [1.165, 1.54) is 6.33 Å². The second-order valence-electron chi connectivity index (χ2n) is 10.3. The highest BCUT2D eigenvalue weighted by Crippen LogP contribution is 2.36. The first-order chi connectivity index (χ1) is 18.2. The van der Waals surface area contributed by atoms with Gasteiger partial charge < -0.3 is 25.0 Å². The maximum Gasteiger partial charge on any atom is 0.176 e. The van der Waals surface area contributed by atoms with Gasteiger partial charge in [-0.1, -0.05) is 0 Å². The molecule has 10 nitrogen and oxygen atoms in total. The number of aliphatic hydroxyl groups is 1. The summed E-state index contributed by atoms with van der Waals surface area (Å²) >= 11 is 0. The Balaban J connectivity index is 1.23. The Kier molecular flexibility index (Phi) is 5.77. The monoisotopic (exact) mass is 516 g/mol. The number of hydrogen-bond acceptors (Lipinski definition) is 9. The maximum atomic E-state index is 15.5. The molecule has 2 atom stereocenters. The second kappa shape index (κ2) is 9.03. The number of aromatic nitrogens is 4. The minimum atomic E-state index is -0.849. The smallest absolute Gasteiger partial charge is 0.176 e. The molecular formula is C27H29FN8O2. The van der Waals surface area contributed by atoms with Crippen LogP contribution in [0.1, 0.15) is 31.5 Å². The van der Waals surface area contributed by atoms with Gasteiger partial charge in [-0.05, 0) is 51.5 Å². The van der Waals surface area contributed by atoms with Gasteiger partial charge >= 0.3 is 0 Å². The van der Waals surface area contributed by atoms with Crippen LogP contribution in [0.3, 0.4) is 0 Å². The van der Waals surface area contributed by atoms with Gasteiger partial charge in [-0.2, -0.15) is 0 Å². The molecule has 0 amide bonds. The number of ether oxygens (including phenoxy) is 1. The number of benzene rings is 2. The lowest BCUT2D eigenvalue weighted by atomic mass is 9.88. The fraction of sp³-hybridized carbons (Fsp3) is 0.333. The molecule has 2 aromatic heterocycles. The van der Waals surface area contributed by atoms with Gasteiger partial charge in [0.25, 0.3) is 0 Å². The number of nitrogens with one attached hydrogen (secondary N) is 2. The number of hydrogen-bond donors (Lipinski definition) is 3. The van der Waals surface area contributed by atoms with Crippen LogP contribution in [0.4, 0.5) is 21.6 Å². The molecule has 2 aromatic carbocycles. The number of nitrogens with zero attached hydrogens (tertiary/aromatic N) is 6. The Labute approximate surface area is 219 Å². The van der Waals surface area contributed by atoms with Crippen LogP contribution in [0, 0.1) is 12.7 Å². The molecule has 6 rings (SSSR count). The fourth-order valence-electron chi connectivity index (χ4n) is 4.98. The minimum Gasteiger partial charge on any atom is -0.457 e. The van der Waals surface area contributed by atoms with Crippen molar-refractivity contribution in [3.63, 3.8) is 0 Å². The first-order valence-electron chi connectivity index (χ1n) is 12.5. The van der Waals surface area contributed by atoms with Gasteiger partial charge in [-0.25, -0.2) is 19.3 Å². The molecule has 4 aromatic rings. The van der Waals surface area contributed by atoms with E-state index in [1.807, 2.05) is 29.8 Å². The number of imidazole rings is 1. The number of anilines is 3. The van der Waals surface area contributed by atoms with Crippen molar-refractivity contribution in [2.24, 2.45) is 12.0 Å². The Hall–Kier alpha value is -4.09. The third-order valence-electron chi connectivity index (χ3n) is 7.19. The van der Waals surface area contributed by atoms with Gasteiger partial charge in [0.2, 0.25) is 0 Å². The summed E-state index contributed by atoms with van der Waals surface area (Å²) in [6, 6.07) is 8.92. The van der Waals surface area contributed by atoms with Crippen molar-refractivity contribution in [2.75, 3.05) is 17.2 Å². The van der Waals surface area contributed by atoms with Gasteiger partial charge in [-0.15, -0.1) is 0 Å². The van der Waals surface area contributed by atoms with Crippen molar-refractivity contribution in [3.8, 4) is 11.5 Å². The van der Waals surface area contributed by atoms with E-state index in [0.717, 1.165) is 24.0 Å². The first kappa shape index (κ1) is 24.3. The highest BCUT2D eigenvalue weighted by atomic mass is 19.1. The van der Waals surface area contributed by atoms with Crippen molar-refractivity contribution < 1.29 is 14.2 Å². The predicted octanol–water partition coefficient (Wildman–Crippen LogP) is 4.32. The number of aliphatic imine (C=N–C) groups is 1. The Morgan fingerprint density at radius 1 is 1.18 bits per heavy atom. The van der Waals surface area contributed by atoms with Gasteiger partial charge in [0, 0.05) is 31.3 Å². The number of likely N-dealkylation sites (tertiary alicyclic amines) is 1. The molecule has 0 aliphatic carbocycles. The van der Waals surface area contributed by atoms with Crippen molar-refractivity contribution in [1.82, 2.24) is 24.4 Å². The summed E-state index contributed by atoms with van der Waals surface area (Å²) in [5.74, 6) is 0.974. The molecule has 0 saturated carbocycles. The highest BCUT2D eigenvalue weighted by Gasteiger charge is 2.43. The van der Waals surface area contributed by atoms with E-state index in [1.54, 1.807) is 45.4 Å². The zero-order valence-corrected chi connectivity index (χ0v) is 21.6. The maximum absolute atomic E-state index is 15.5. The molecule has 3 N–H and O–H groups in total. The molecule has 11 heteroatoms. The lowest BCUT2D eigenvalue weighted by Gasteiger charge is -2.50. The fourth-order valence-corrected chi connectivity index (χ4v) is 4.98. The average molecular weight is 517 g/mol. The van der Waals surface area contributed by atoms with Crippen LogP contribution in [0.2, 0.25) is 0 Å². The summed E-state index contributed by atoms with van der Waals surface area (Å²) in [7, 11) is 1.93. The Bertz CT molecular complexity index is 1560. The Morgan fingerprint density at radius 3 is 2.79 bits per heavy atom. The average Bonchev–Trinajstić information content (AvgIpc) is 3.22. The summed E-state index contributed by atoms with van der Waals surface area (Å²) in [4.78, 5) is 19.7. The largest absolute Gasteiger partial charge is 0.457 e. The SMILES string of the molecule is Cc1c(Oc2ccc3c(c2)ncn3C)ccc(Nc2ncnc3c2NC(N2CCC2C(C)(C)O)N=C3)c1F. The lowest BCUT2D eigenvalue weighted by molar-refractivity contribution is -0.0832. The molecule has 2 aliphatic rings. The molecule has 1 saturated heterocycles. The summed E-state index contributed by atoms with van der Waals surface area (Å²) in [6.07, 6.45) is 5.34. The zero-order valence-electron chi connectivity index (χ0n) is 21.6. The molecule has 196 valence electrons. The summed E-state index contributed by atoms with van der Waals surface area (Å²) in [5, 5.41) is 17.0. The van der Waals surface area contributed by atoms with Crippen LogP contribution in [0.15, 0.2) is 48.0 Å². The van der Waals surface area contributed by atoms with Gasteiger partial charge in [0.05, 0.1) is 34.9 Å². The predicted molar refractivity (Wildman–Crippen MR) is 144 cm³/mol. The molecule has 2 unspecified atom stereocenters. The van der Waals surface area contributed by atoms with E-state index in [0.29, 0.717) is 34.3 Å². The minimum absolute atomic E-state index is 0.0224. The molecule has 4 heterocycles. The summed E-state index contributed by atoms with van der Waals surface area (Å²) in [6.45, 7) is 6.08. The van der Waals surface area contributed by atoms with E-state index < -0.39 is 11.4 Å². The van der Waals surface area contributed by atoms with Gasteiger partial charge in [0.1, 0.15) is 29.2 Å². The molecule has 0 bridgehead atoms. The van der Waals surface area contributed by atoms with E-state index in [4.69, 9.17) is 4.74 Å². The molecular weight excluding hydrogens is 487 g/mol. The summed E-state index contributed by atoms with van der Waals surface area (Å²) in [5.41, 5.74) is 2.78. The van der Waals surface area contributed by atoms with Crippen molar-refractivity contribution in [2.45, 2.75) is 45.1 Å². The number of fused-ring (bicyclic) bond motifs is 2. The van der Waals surface area contributed by atoms with Crippen LogP contribution < -0.4 is 15.4 Å². The normalized spacial score (nSPS) is 19.1. The lowest BCUT2D eigenvalue weighted by Crippen LogP contribution is -2.63.